The van der Waals surface area contributed by atoms with Crippen LogP contribution in [-0.2, 0) is 20.9 Å². The van der Waals surface area contributed by atoms with Crippen molar-refractivity contribution in [3.05, 3.63) is 64.6 Å². The number of nitrogens with one attached hydrogen (secondary N) is 3. The Bertz CT molecular complexity index is 1480. The van der Waals surface area contributed by atoms with Crippen LogP contribution < -0.4 is 20.9 Å². The number of nitrogens with zero attached hydrogens (tertiary/aromatic N) is 3. The number of rotatable bonds is 12. The van der Waals surface area contributed by atoms with Gasteiger partial charge in [0.2, 0.25) is 11.8 Å². The lowest BCUT2D eigenvalue weighted by molar-refractivity contribution is -0.123. The van der Waals surface area contributed by atoms with Crippen molar-refractivity contribution in [2.75, 3.05) is 33.1 Å². The maximum atomic E-state index is 14.4. The predicted octanol–water partition coefficient (Wildman–Crippen LogP) is 3.03. The zero-order valence-corrected chi connectivity index (χ0v) is 23.7. The van der Waals surface area contributed by atoms with Gasteiger partial charge in [0.15, 0.2) is 11.6 Å². The lowest BCUT2D eigenvalue weighted by Gasteiger charge is -2.17. The molecule has 1 unspecified atom stereocenters. The number of H-pyrrole nitrogens is 1. The molecule has 41 heavy (non-hydrogen) atoms. The van der Waals surface area contributed by atoms with Crippen molar-refractivity contribution < 1.29 is 28.2 Å². The van der Waals surface area contributed by atoms with Gasteiger partial charge in [-0.1, -0.05) is 19.9 Å². The van der Waals surface area contributed by atoms with Gasteiger partial charge < -0.3 is 34.6 Å². The summed E-state index contributed by atoms with van der Waals surface area (Å²) in [5, 5.41) is 5.02. The second kappa shape index (κ2) is 14.1. The van der Waals surface area contributed by atoms with Crippen molar-refractivity contribution in [3.8, 4) is 5.75 Å². The van der Waals surface area contributed by atoms with Gasteiger partial charge in [-0.05, 0) is 43.0 Å². The molecule has 3 rings (SSSR count). The summed E-state index contributed by atoms with van der Waals surface area (Å²) in [7, 11) is 4.40. The van der Waals surface area contributed by atoms with E-state index in [0.29, 0.717) is 29.8 Å². The lowest BCUT2D eigenvalue weighted by atomic mass is 10.1. The molecule has 0 aliphatic carbocycles. The third-order valence-electron chi connectivity index (χ3n) is 5.91. The summed E-state index contributed by atoms with van der Waals surface area (Å²) in [5.41, 5.74) is 0.936. The number of fused-ring (bicyclic) bond motifs is 1. The smallest absolute Gasteiger partial charge is 0.407 e. The van der Waals surface area contributed by atoms with Crippen LogP contribution in [0.5, 0.6) is 5.75 Å². The third-order valence-corrected chi connectivity index (χ3v) is 5.91. The van der Waals surface area contributed by atoms with Crippen LogP contribution >= 0.6 is 0 Å². The number of carbonyl (C=O) groups excluding carboxylic acids is 3. The average Bonchev–Trinajstić information content (AvgIpc) is 3.34. The van der Waals surface area contributed by atoms with Gasteiger partial charge in [0.1, 0.15) is 17.2 Å². The molecule has 0 bridgehead atoms. The summed E-state index contributed by atoms with van der Waals surface area (Å²) in [6.07, 6.45) is 5.24. The number of methoxy groups -OCH3 is 1. The van der Waals surface area contributed by atoms with Crippen LogP contribution in [0.15, 0.2) is 47.5 Å². The largest absolute Gasteiger partial charge is 0.488 e. The first-order valence-electron chi connectivity index (χ1n) is 13.0. The number of aromatic nitrogens is 3. The Balaban J connectivity index is 1.77. The monoisotopic (exact) mass is 570 g/mol. The first-order chi connectivity index (χ1) is 19.5. The quantitative estimate of drug-likeness (QED) is 0.284. The number of aromatic amines is 1. The Morgan fingerprint density at radius 1 is 1.27 bits per heavy atom. The van der Waals surface area contributed by atoms with E-state index in [9.17, 15) is 23.6 Å². The maximum absolute atomic E-state index is 14.4. The van der Waals surface area contributed by atoms with Crippen LogP contribution in [0.2, 0.25) is 0 Å². The Kier molecular flexibility index (Phi) is 10.6. The average molecular weight is 571 g/mol. The van der Waals surface area contributed by atoms with Gasteiger partial charge in [-0.25, -0.2) is 9.18 Å². The lowest BCUT2D eigenvalue weighted by Crippen LogP contribution is -2.44. The van der Waals surface area contributed by atoms with Gasteiger partial charge in [-0.3, -0.25) is 19.4 Å². The minimum atomic E-state index is -1.03. The second-order valence-electron chi connectivity index (χ2n) is 9.94. The van der Waals surface area contributed by atoms with Crippen molar-refractivity contribution >= 4 is 34.6 Å². The molecule has 0 spiro atoms. The normalized spacial score (nSPS) is 12.0. The molecule has 0 saturated heterocycles. The molecule has 13 heteroatoms. The van der Waals surface area contributed by atoms with Gasteiger partial charge in [0.05, 0.1) is 32.0 Å². The summed E-state index contributed by atoms with van der Waals surface area (Å²) in [4.78, 5) is 58.4. The van der Waals surface area contributed by atoms with Gasteiger partial charge in [-0.15, -0.1) is 0 Å². The number of halogens is 1. The van der Waals surface area contributed by atoms with E-state index in [4.69, 9.17) is 4.74 Å². The van der Waals surface area contributed by atoms with E-state index >= 15 is 0 Å². The van der Waals surface area contributed by atoms with Gasteiger partial charge in [0.25, 0.3) is 5.56 Å². The van der Waals surface area contributed by atoms with Crippen molar-refractivity contribution in [2.45, 2.75) is 39.3 Å². The molecular weight excluding hydrogens is 535 g/mol. The second-order valence-corrected chi connectivity index (χ2v) is 9.94. The van der Waals surface area contributed by atoms with Crippen LogP contribution in [0.1, 0.15) is 32.4 Å². The number of anilines is 1. The minimum absolute atomic E-state index is 0.00581. The number of hydrogen-bond donors (Lipinski definition) is 3. The summed E-state index contributed by atoms with van der Waals surface area (Å²) in [6, 6.07) is 3.70. The molecule has 0 fully saturated rings. The molecule has 12 nitrogen and oxygen atoms in total. The molecule has 0 aliphatic rings. The minimum Gasteiger partial charge on any atom is -0.488 e. The number of amides is 3. The number of alkyl carbamates (subject to hydrolysis) is 1. The summed E-state index contributed by atoms with van der Waals surface area (Å²) in [6.45, 7) is 4.31. The topological polar surface area (TPSA) is 148 Å². The molecule has 220 valence electrons. The fourth-order valence-corrected chi connectivity index (χ4v) is 3.78. The van der Waals surface area contributed by atoms with E-state index in [1.807, 2.05) is 13.8 Å². The van der Waals surface area contributed by atoms with Crippen LogP contribution in [-0.4, -0.2) is 71.2 Å². The SMILES string of the molecule is COC(=O)NC(CCC=CC(=O)N(C)C)C(=O)Nc1cccn(Cc2cc3ncc(F)c(OCC(C)C)c3[nH]2)c1=O. The number of hydrogen-bond acceptors (Lipinski definition) is 7. The zero-order chi connectivity index (χ0) is 30.1. The Hall–Kier alpha value is -4.68. The number of allylic oxidation sites excluding steroid dienone is 1. The summed E-state index contributed by atoms with van der Waals surface area (Å²) < 4.78 is 26.1. The zero-order valence-electron chi connectivity index (χ0n) is 23.7. The van der Waals surface area contributed by atoms with Crippen molar-refractivity contribution in [2.24, 2.45) is 5.92 Å². The molecule has 3 amide bonds. The maximum Gasteiger partial charge on any atom is 0.407 e. The van der Waals surface area contributed by atoms with Gasteiger partial charge in [0, 0.05) is 26.0 Å². The highest BCUT2D eigenvalue weighted by atomic mass is 19.1. The van der Waals surface area contributed by atoms with E-state index in [1.165, 1.54) is 28.7 Å². The van der Waals surface area contributed by atoms with E-state index in [2.05, 4.69) is 25.3 Å². The highest BCUT2D eigenvalue weighted by Crippen LogP contribution is 2.28. The molecule has 3 aromatic heterocycles. The Morgan fingerprint density at radius 2 is 2.02 bits per heavy atom. The molecule has 3 aromatic rings. The van der Waals surface area contributed by atoms with Crippen molar-refractivity contribution in [3.63, 3.8) is 0 Å². The van der Waals surface area contributed by atoms with E-state index < -0.39 is 29.4 Å². The molecule has 3 N–H and O–H groups in total. The van der Waals surface area contributed by atoms with Crippen LogP contribution in [0.3, 0.4) is 0 Å². The van der Waals surface area contributed by atoms with E-state index in [1.54, 1.807) is 38.5 Å². The molecule has 3 heterocycles. The molecule has 0 saturated carbocycles. The van der Waals surface area contributed by atoms with Crippen molar-refractivity contribution in [1.29, 1.82) is 0 Å². The number of likely N-dealkylation sites (N-methyl/N-ethyl adjacent to an activating group) is 1. The van der Waals surface area contributed by atoms with Crippen LogP contribution in [0, 0.1) is 11.7 Å². The summed E-state index contributed by atoms with van der Waals surface area (Å²) >= 11 is 0. The van der Waals surface area contributed by atoms with Crippen LogP contribution in [0.4, 0.5) is 14.9 Å². The van der Waals surface area contributed by atoms with E-state index in [-0.39, 0.29) is 36.2 Å². The first kappa shape index (κ1) is 30.9. The highest BCUT2D eigenvalue weighted by molar-refractivity contribution is 5.96. The Morgan fingerprint density at radius 3 is 2.71 bits per heavy atom. The molecule has 0 aliphatic heterocycles. The fraction of sp³-hybridized carbons (Fsp3) is 0.393. The number of ether oxygens (including phenoxy) is 2. The van der Waals surface area contributed by atoms with Gasteiger partial charge in [-0.2, -0.15) is 0 Å². The van der Waals surface area contributed by atoms with Crippen LogP contribution in [0.25, 0.3) is 11.0 Å². The fourth-order valence-electron chi connectivity index (χ4n) is 3.78. The highest BCUT2D eigenvalue weighted by Gasteiger charge is 2.22. The number of carbonyl (C=O) groups is 3. The molecular formula is C28H35FN6O6. The molecule has 0 radical (unpaired) electrons. The number of pyridine rings is 2. The first-order valence-corrected chi connectivity index (χ1v) is 13.0. The standard InChI is InChI=1S/C28H35FN6O6/c1-17(2)16-41-25-19(29)14-30-22-13-18(31-24(22)25)15-35-12-8-10-21(27(35)38)32-26(37)20(33-28(39)40-5)9-6-7-11-23(36)34(3)4/h7-8,10-14,17,20,31H,6,9,15-16H2,1-5H3,(H,32,37)(H,33,39). The summed E-state index contributed by atoms with van der Waals surface area (Å²) in [5.74, 6) is -1.19. The van der Waals surface area contributed by atoms with E-state index in [0.717, 1.165) is 6.20 Å². The third kappa shape index (κ3) is 8.40. The van der Waals surface area contributed by atoms with Crippen molar-refractivity contribution in [1.82, 2.24) is 24.8 Å². The van der Waals surface area contributed by atoms with Gasteiger partial charge >= 0.3 is 6.09 Å². The molecule has 1 atom stereocenters. The predicted molar refractivity (Wildman–Crippen MR) is 151 cm³/mol. The molecule has 0 aromatic carbocycles. The Labute approximate surface area is 236 Å².